The Morgan fingerprint density at radius 3 is 2.12 bits per heavy atom. The number of hydrogen-bond donors (Lipinski definition) is 5. The van der Waals surface area contributed by atoms with Gasteiger partial charge >= 0.3 is 14.4 Å². The Labute approximate surface area is 337 Å². The van der Waals surface area contributed by atoms with Crippen LogP contribution in [-0.4, -0.2) is 42.9 Å². The molecular weight excluding hydrogens is 751 g/mol. The van der Waals surface area contributed by atoms with E-state index in [2.05, 4.69) is 89.7 Å². The summed E-state index contributed by atoms with van der Waals surface area (Å²) in [5.41, 5.74) is 4.34. The van der Waals surface area contributed by atoms with Crippen LogP contribution in [-0.2, 0) is 16.0 Å². The number of thiazole rings is 1. The summed E-state index contributed by atoms with van der Waals surface area (Å²) in [4.78, 5) is 40.5. The molecule has 0 aliphatic heterocycles. The lowest BCUT2D eigenvalue weighted by Crippen LogP contribution is -2.68. The lowest BCUT2D eigenvalue weighted by atomic mass is 10.1. The molecule has 0 aliphatic rings. The van der Waals surface area contributed by atoms with Gasteiger partial charge in [-0.25, -0.2) is 9.78 Å². The van der Waals surface area contributed by atoms with Crippen molar-refractivity contribution in [3.05, 3.63) is 145 Å². The highest BCUT2D eigenvalue weighted by Crippen LogP contribution is 2.41. The van der Waals surface area contributed by atoms with E-state index in [4.69, 9.17) is 4.43 Å². The van der Waals surface area contributed by atoms with E-state index < -0.39 is 14.4 Å². The van der Waals surface area contributed by atoms with Crippen LogP contribution in [0, 0.1) is 11.8 Å². The minimum Gasteiger partial charge on any atom is -0.532 e. The molecule has 0 spiro atoms. The van der Waals surface area contributed by atoms with Gasteiger partial charge in [-0.2, -0.15) is 0 Å². The fraction of sp³-hybridized carbons (Fsp3) is 0.156. The van der Waals surface area contributed by atoms with Gasteiger partial charge < -0.3 is 25.5 Å². The van der Waals surface area contributed by atoms with Crippen LogP contribution in [0.15, 0.2) is 134 Å². The third-order valence-electron chi connectivity index (χ3n) is 9.16. The Morgan fingerprint density at radius 1 is 0.825 bits per heavy atom. The predicted octanol–water partition coefficient (Wildman–Crippen LogP) is 8.48. The minimum absolute atomic E-state index is 0.118. The average molecular weight is 794 g/mol. The number of carbonyl (C=O) groups excluding carboxylic acids is 2. The maximum Gasteiger partial charge on any atom is 0.410 e. The molecule has 57 heavy (non-hydrogen) atoms. The number of nitrogens with one attached hydrogen (secondary N) is 4. The highest BCUT2D eigenvalue weighted by atomic mass is 32.1. The van der Waals surface area contributed by atoms with Crippen LogP contribution in [0.1, 0.15) is 38.3 Å². The summed E-state index contributed by atoms with van der Waals surface area (Å²) in [5.74, 6) is 6.61. The lowest BCUT2D eigenvalue weighted by Gasteiger charge is -2.43. The monoisotopic (exact) mass is 793 g/mol. The second-order valence-electron chi connectivity index (χ2n) is 14.2. The van der Waals surface area contributed by atoms with E-state index in [1.54, 1.807) is 12.1 Å². The molecule has 0 saturated carbocycles. The van der Waals surface area contributed by atoms with E-state index in [-0.39, 0.29) is 22.0 Å². The van der Waals surface area contributed by atoms with E-state index in [0.29, 0.717) is 47.6 Å². The van der Waals surface area contributed by atoms with Crippen molar-refractivity contribution in [3.8, 4) is 17.6 Å². The Morgan fingerprint density at radius 2 is 1.49 bits per heavy atom. The second-order valence-corrected chi connectivity index (χ2v) is 19.5. The number of rotatable bonds is 13. The number of anilines is 4. The molecular formula is C45H43N5O5SSi. The molecule has 1 aromatic heterocycles. The van der Waals surface area contributed by atoms with Gasteiger partial charge in [0.2, 0.25) is 11.8 Å². The van der Waals surface area contributed by atoms with Gasteiger partial charge in [-0.15, -0.1) is 0 Å². The maximum absolute atomic E-state index is 12.8. The topological polar surface area (TPSA) is 142 Å². The Kier molecular flexibility index (Phi) is 12.5. The van der Waals surface area contributed by atoms with E-state index in [9.17, 15) is 19.5 Å². The molecule has 5 N–H and O–H groups in total. The van der Waals surface area contributed by atoms with Crippen molar-refractivity contribution < 1.29 is 23.9 Å². The second kappa shape index (κ2) is 17.8. The third kappa shape index (κ3) is 9.95. The van der Waals surface area contributed by atoms with E-state index in [1.165, 1.54) is 17.4 Å². The Balaban J connectivity index is 1.19. The number of amides is 3. The first kappa shape index (κ1) is 40.0. The molecule has 6 rings (SSSR count). The number of aryl methyl sites for hydroxylation is 1. The summed E-state index contributed by atoms with van der Waals surface area (Å²) in [6.45, 7) is 10.4. The summed E-state index contributed by atoms with van der Waals surface area (Å²) in [6, 6.07) is 39.1. The van der Waals surface area contributed by atoms with Gasteiger partial charge in [-0.3, -0.25) is 14.9 Å². The van der Waals surface area contributed by atoms with Crippen LogP contribution in [0.5, 0.6) is 5.75 Å². The molecule has 0 radical (unpaired) electrons. The number of benzene rings is 5. The van der Waals surface area contributed by atoms with E-state index in [0.717, 1.165) is 26.3 Å². The van der Waals surface area contributed by atoms with Gasteiger partial charge in [0, 0.05) is 29.0 Å². The quantitative estimate of drug-likeness (QED) is 0.0449. The fourth-order valence-electron chi connectivity index (χ4n) is 6.54. The van der Waals surface area contributed by atoms with Crippen LogP contribution < -0.4 is 36.1 Å². The normalized spacial score (nSPS) is 11.1. The number of carboxylic acid groups (broad SMARTS) is 1. The van der Waals surface area contributed by atoms with Gasteiger partial charge in [0.05, 0.1) is 11.2 Å². The molecule has 1 heterocycles. The van der Waals surface area contributed by atoms with Crippen molar-refractivity contribution in [2.24, 2.45) is 0 Å². The van der Waals surface area contributed by atoms with Crippen LogP contribution in [0.2, 0.25) is 5.04 Å². The SMILES string of the molecule is C=CC(=O)Nc1ccc(CCC(=O)Nc2cccc(NCC#Cc3cc(O[Si](c4ccccc4)(c4ccccc4)C(C)(C)C)c4nc(NC(=O)O)sc4c3)c2)cc1. The van der Waals surface area contributed by atoms with Crippen molar-refractivity contribution >= 4 is 80.3 Å². The fourth-order valence-corrected chi connectivity index (χ4v) is 11.9. The first-order valence-corrected chi connectivity index (χ1v) is 21.1. The summed E-state index contributed by atoms with van der Waals surface area (Å²) < 4.78 is 8.11. The van der Waals surface area contributed by atoms with Crippen molar-refractivity contribution in [1.29, 1.82) is 0 Å². The molecule has 0 fully saturated rings. The molecule has 288 valence electrons. The lowest BCUT2D eigenvalue weighted by molar-refractivity contribution is -0.116. The summed E-state index contributed by atoms with van der Waals surface area (Å²) in [6.07, 6.45) is 0.855. The number of nitrogens with zero attached hydrogens (tertiary/aromatic N) is 1. The molecule has 0 aliphatic carbocycles. The average Bonchev–Trinajstić information content (AvgIpc) is 3.60. The largest absolute Gasteiger partial charge is 0.532 e. The zero-order valence-electron chi connectivity index (χ0n) is 31.9. The number of fused-ring (bicyclic) bond motifs is 1. The van der Waals surface area contributed by atoms with Crippen molar-refractivity contribution in [2.75, 3.05) is 27.8 Å². The molecule has 5 aromatic carbocycles. The molecule has 0 saturated heterocycles. The van der Waals surface area contributed by atoms with Gasteiger partial charge in [0.25, 0.3) is 0 Å². The van der Waals surface area contributed by atoms with Gasteiger partial charge in [-0.05, 0) is 75.9 Å². The molecule has 0 atom stereocenters. The number of hydrogen-bond acceptors (Lipinski definition) is 7. The standard InChI is InChI=1S/C45H43N5O5SSi/c1-5-40(51)47-33-24-21-31(22-25-33)23-26-41(52)48-35-16-12-15-34(30-35)46-27-13-14-32-28-38(42-39(29-32)56-43(49-42)50-44(53)54)55-57(45(2,3)4,36-17-8-6-9-18-36)37-19-10-7-11-20-37/h5-12,15-22,24-25,28-30,46H,1,23,26-27H2,2-4H3,(H,47,51)(H,48,52)(H,49,50)(H,53,54). The smallest absolute Gasteiger partial charge is 0.410 e. The van der Waals surface area contributed by atoms with E-state index in [1.807, 2.05) is 84.9 Å². The summed E-state index contributed by atoms with van der Waals surface area (Å²) in [5, 5.41) is 23.0. The van der Waals surface area contributed by atoms with Crippen LogP contribution in [0.25, 0.3) is 10.2 Å². The highest BCUT2D eigenvalue weighted by molar-refractivity contribution is 7.22. The molecule has 10 nitrogen and oxygen atoms in total. The van der Waals surface area contributed by atoms with E-state index >= 15 is 0 Å². The molecule has 3 amide bonds. The molecule has 12 heteroatoms. The predicted molar refractivity (Wildman–Crippen MR) is 234 cm³/mol. The first-order valence-electron chi connectivity index (χ1n) is 18.3. The number of carbonyl (C=O) groups is 3. The van der Waals surface area contributed by atoms with Gasteiger partial charge in [-0.1, -0.05) is 129 Å². The van der Waals surface area contributed by atoms with Crippen molar-refractivity contribution in [1.82, 2.24) is 4.98 Å². The summed E-state index contributed by atoms with van der Waals surface area (Å²) >= 11 is 1.22. The summed E-state index contributed by atoms with van der Waals surface area (Å²) in [7, 11) is -3.06. The minimum atomic E-state index is -3.06. The van der Waals surface area contributed by atoms with Crippen LogP contribution in [0.4, 0.5) is 27.0 Å². The zero-order valence-corrected chi connectivity index (χ0v) is 33.7. The van der Waals surface area contributed by atoms with Gasteiger partial charge in [0.1, 0.15) is 11.3 Å². The molecule has 6 aromatic rings. The van der Waals surface area contributed by atoms with Crippen LogP contribution in [0.3, 0.4) is 0 Å². The van der Waals surface area contributed by atoms with Crippen molar-refractivity contribution in [2.45, 2.75) is 38.7 Å². The Hall–Kier alpha value is -6.68. The molecule has 0 bridgehead atoms. The van der Waals surface area contributed by atoms with Crippen molar-refractivity contribution in [3.63, 3.8) is 0 Å². The number of aromatic nitrogens is 1. The first-order chi connectivity index (χ1) is 27.4. The highest BCUT2D eigenvalue weighted by Gasteiger charge is 2.52. The van der Waals surface area contributed by atoms with Crippen LogP contribution >= 0.6 is 11.3 Å². The third-order valence-corrected chi connectivity index (χ3v) is 15.0. The zero-order chi connectivity index (χ0) is 40.4. The Bertz CT molecular complexity index is 2410. The maximum atomic E-state index is 12.8. The van der Waals surface area contributed by atoms with Gasteiger partial charge in [0.15, 0.2) is 5.13 Å². The molecule has 0 unspecified atom stereocenters.